The molecule has 20 heavy (non-hydrogen) atoms. The Bertz CT molecular complexity index is 593. The van der Waals surface area contributed by atoms with E-state index in [0.717, 1.165) is 5.56 Å². The van der Waals surface area contributed by atoms with Gasteiger partial charge >= 0.3 is 0 Å². The number of rotatable bonds is 4. The van der Waals surface area contributed by atoms with Crippen molar-refractivity contribution in [1.29, 1.82) is 0 Å². The molecular formula is C17H18BrFO. The fourth-order valence-electron chi connectivity index (χ4n) is 2.04. The van der Waals surface area contributed by atoms with Crippen molar-refractivity contribution < 1.29 is 9.13 Å². The molecule has 0 heterocycles. The van der Waals surface area contributed by atoms with Gasteiger partial charge in [-0.1, -0.05) is 42.0 Å². The number of hydrogen-bond donors (Lipinski definition) is 0. The molecule has 106 valence electrons. The molecule has 0 aliphatic carbocycles. The van der Waals surface area contributed by atoms with Crippen LogP contribution in [-0.4, -0.2) is 6.10 Å². The molecule has 3 heteroatoms. The average Bonchev–Trinajstić information content (AvgIpc) is 2.38. The molecule has 0 radical (unpaired) electrons. The van der Waals surface area contributed by atoms with Gasteiger partial charge in [0.2, 0.25) is 4.58 Å². The Hall–Kier alpha value is -1.35. The standard InChI is InChI=1S/C17H18BrFO/c1-12(2)20-16-9-5-8-15(11-16)17(18,19)14-7-4-6-13(3)10-14/h4-12H,1-3H3. The third kappa shape index (κ3) is 3.40. The summed E-state index contributed by atoms with van der Waals surface area (Å²) in [7, 11) is 0. The Balaban J connectivity index is 2.38. The fourth-order valence-corrected chi connectivity index (χ4v) is 2.54. The first-order chi connectivity index (χ1) is 9.39. The minimum absolute atomic E-state index is 0.0635. The van der Waals surface area contributed by atoms with Crippen molar-refractivity contribution in [1.82, 2.24) is 0 Å². The number of aryl methyl sites for hydroxylation is 1. The summed E-state index contributed by atoms with van der Waals surface area (Å²) in [6.45, 7) is 5.85. The summed E-state index contributed by atoms with van der Waals surface area (Å²) in [4.78, 5) is 0. The Morgan fingerprint density at radius 2 is 1.65 bits per heavy atom. The predicted molar refractivity (Wildman–Crippen MR) is 84.2 cm³/mol. The summed E-state index contributed by atoms with van der Waals surface area (Å²) in [6, 6.07) is 14.5. The van der Waals surface area contributed by atoms with Crippen molar-refractivity contribution in [2.45, 2.75) is 31.5 Å². The lowest BCUT2D eigenvalue weighted by Gasteiger charge is -2.21. The van der Waals surface area contributed by atoms with Crippen LogP contribution in [-0.2, 0) is 4.58 Å². The molecule has 2 aromatic carbocycles. The number of ether oxygens (including phenoxy) is 1. The van der Waals surface area contributed by atoms with Gasteiger partial charge in [0.15, 0.2) is 0 Å². The fraction of sp³-hybridized carbons (Fsp3) is 0.294. The minimum atomic E-state index is -1.71. The first-order valence-corrected chi connectivity index (χ1v) is 7.41. The van der Waals surface area contributed by atoms with Crippen LogP contribution in [0.15, 0.2) is 48.5 Å². The molecule has 0 bridgehead atoms. The van der Waals surface area contributed by atoms with Crippen LogP contribution in [0.2, 0.25) is 0 Å². The van der Waals surface area contributed by atoms with E-state index in [2.05, 4.69) is 15.9 Å². The minimum Gasteiger partial charge on any atom is -0.491 e. The van der Waals surface area contributed by atoms with E-state index in [9.17, 15) is 0 Å². The maximum atomic E-state index is 15.1. The molecular weight excluding hydrogens is 319 g/mol. The molecule has 0 spiro atoms. The smallest absolute Gasteiger partial charge is 0.215 e. The average molecular weight is 337 g/mol. The summed E-state index contributed by atoms with van der Waals surface area (Å²) in [5.74, 6) is 0.673. The molecule has 1 unspecified atom stereocenters. The third-order valence-corrected chi connectivity index (χ3v) is 3.86. The van der Waals surface area contributed by atoms with Gasteiger partial charge < -0.3 is 4.74 Å². The number of hydrogen-bond acceptors (Lipinski definition) is 1. The van der Waals surface area contributed by atoms with E-state index in [1.165, 1.54) is 0 Å². The van der Waals surface area contributed by atoms with E-state index in [-0.39, 0.29) is 6.10 Å². The highest BCUT2D eigenvalue weighted by Crippen LogP contribution is 2.41. The Labute approximate surface area is 127 Å². The van der Waals surface area contributed by atoms with Gasteiger partial charge in [-0.2, -0.15) is 0 Å². The Morgan fingerprint density at radius 3 is 2.25 bits per heavy atom. The topological polar surface area (TPSA) is 9.23 Å². The lowest BCUT2D eigenvalue weighted by molar-refractivity contribution is 0.241. The molecule has 0 saturated carbocycles. The van der Waals surface area contributed by atoms with Crippen molar-refractivity contribution in [3.63, 3.8) is 0 Å². The van der Waals surface area contributed by atoms with Crippen LogP contribution in [0.25, 0.3) is 0 Å². The van der Waals surface area contributed by atoms with Crippen LogP contribution < -0.4 is 4.74 Å². The van der Waals surface area contributed by atoms with Gasteiger partial charge in [0.1, 0.15) is 5.75 Å². The lowest BCUT2D eigenvalue weighted by Crippen LogP contribution is -2.14. The molecule has 1 nitrogen and oxygen atoms in total. The zero-order valence-corrected chi connectivity index (χ0v) is 13.4. The van der Waals surface area contributed by atoms with Crippen LogP contribution in [0.1, 0.15) is 30.5 Å². The van der Waals surface area contributed by atoms with Crippen molar-refractivity contribution in [2.24, 2.45) is 0 Å². The van der Waals surface area contributed by atoms with Crippen LogP contribution in [0.3, 0.4) is 0 Å². The second kappa shape index (κ2) is 5.96. The molecule has 0 aromatic heterocycles. The number of benzene rings is 2. The van der Waals surface area contributed by atoms with Gasteiger partial charge in [-0.25, -0.2) is 4.39 Å². The van der Waals surface area contributed by atoms with E-state index in [4.69, 9.17) is 4.74 Å². The van der Waals surface area contributed by atoms with E-state index in [1.807, 2.05) is 45.0 Å². The molecule has 0 N–H and O–H groups in total. The van der Waals surface area contributed by atoms with Gasteiger partial charge in [0, 0.05) is 11.1 Å². The Morgan fingerprint density at radius 1 is 1.05 bits per heavy atom. The normalized spacial score (nSPS) is 14.1. The van der Waals surface area contributed by atoms with Crippen LogP contribution >= 0.6 is 15.9 Å². The summed E-state index contributed by atoms with van der Waals surface area (Å²) in [6.07, 6.45) is 0.0635. The molecule has 0 aliphatic heterocycles. The van der Waals surface area contributed by atoms with Crippen molar-refractivity contribution in [3.05, 3.63) is 65.2 Å². The zero-order valence-electron chi connectivity index (χ0n) is 11.9. The molecule has 0 saturated heterocycles. The summed E-state index contributed by atoms with van der Waals surface area (Å²) in [5, 5.41) is 0. The second-order valence-corrected chi connectivity index (χ2v) is 6.23. The van der Waals surface area contributed by atoms with Gasteiger partial charge in [-0.05, 0) is 48.8 Å². The molecule has 1 atom stereocenters. The van der Waals surface area contributed by atoms with Gasteiger partial charge in [-0.15, -0.1) is 0 Å². The number of alkyl halides is 2. The quantitative estimate of drug-likeness (QED) is 0.684. The highest BCUT2D eigenvalue weighted by molar-refractivity contribution is 9.09. The molecule has 2 rings (SSSR count). The summed E-state index contributed by atoms with van der Waals surface area (Å²) < 4.78 is 19.0. The predicted octanol–water partition coefficient (Wildman–Crippen LogP) is 5.35. The molecule has 0 aliphatic rings. The van der Waals surface area contributed by atoms with Crippen LogP contribution in [0.5, 0.6) is 5.75 Å². The largest absolute Gasteiger partial charge is 0.491 e. The van der Waals surface area contributed by atoms with Crippen molar-refractivity contribution >= 4 is 15.9 Å². The maximum absolute atomic E-state index is 15.1. The van der Waals surface area contributed by atoms with Crippen molar-refractivity contribution in [3.8, 4) is 5.75 Å². The first kappa shape index (κ1) is 15.0. The van der Waals surface area contributed by atoms with Crippen LogP contribution in [0, 0.1) is 6.92 Å². The zero-order chi connectivity index (χ0) is 14.8. The first-order valence-electron chi connectivity index (χ1n) is 6.62. The number of halogens is 2. The molecule has 2 aromatic rings. The van der Waals surface area contributed by atoms with Gasteiger partial charge in [0.05, 0.1) is 6.10 Å². The van der Waals surface area contributed by atoms with Gasteiger partial charge in [0.25, 0.3) is 0 Å². The van der Waals surface area contributed by atoms with E-state index >= 15 is 4.39 Å². The highest BCUT2D eigenvalue weighted by atomic mass is 79.9. The SMILES string of the molecule is Cc1cccc(C(F)(Br)c2cccc(OC(C)C)c2)c1. The van der Waals surface area contributed by atoms with Crippen molar-refractivity contribution in [2.75, 3.05) is 0 Å². The highest BCUT2D eigenvalue weighted by Gasteiger charge is 2.31. The molecule has 0 amide bonds. The van der Waals surface area contributed by atoms with Gasteiger partial charge in [-0.3, -0.25) is 0 Å². The summed E-state index contributed by atoms with van der Waals surface area (Å²) >= 11 is 3.21. The van der Waals surface area contributed by atoms with E-state index in [0.29, 0.717) is 16.9 Å². The van der Waals surface area contributed by atoms with Crippen LogP contribution in [0.4, 0.5) is 4.39 Å². The lowest BCUT2D eigenvalue weighted by atomic mass is 10.0. The van der Waals surface area contributed by atoms with E-state index < -0.39 is 4.58 Å². The van der Waals surface area contributed by atoms with E-state index in [1.54, 1.807) is 24.3 Å². The third-order valence-electron chi connectivity index (χ3n) is 2.95. The molecule has 0 fully saturated rings. The maximum Gasteiger partial charge on any atom is 0.215 e. The second-order valence-electron chi connectivity index (χ2n) is 5.14. The summed E-state index contributed by atoms with van der Waals surface area (Å²) in [5.41, 5.74) is 2.14. The monoisotopic (exact) mass is 336 g/mol. The Kier molecular flexibility index (Phi) is 4.48.